The van der Waals surface area contributed by atoms with Crippen LogP contribution in [-0.4, -0.2) is 17.0 Å². The Morgan fingerprint density at radius 3 is 2.83 bits per heavy atom. The van der Waals surface area contributed by atoms with Crippen molar-refractivity contribution in [3.8, 4) is 0 Å². The van der Waals surface area contributed by atoms with Crippen LogP contribution in [0.2, 0.25) is 5.15 Å². The lowest BCUT2D eigenvalue weighted by Crippen LogP contribution is -2.14. The average Bonchev–Trinajstić information content (AvgIpc) is 2.34. The number of allylic oxidation sites excluding steroid dienone is 1. The highest BCUT2D eigenvalue weighted by atomic mass is 35.5. The van der Waals surface area contributed by atoms with Crippen molar-refractivity contribution in [2.24, 2.45) is 0 Å². The Bertz CT molecular complexity index is 431. The lowest BCUT2D eigenvalue weighted by molar-refractivity contribution is -0.430. The van der Waals surface area contributed by atoms with E-state index in [4.69, 9.17) is 11.6 Å². The average molecular weight is 270 g/mol. The monoisotopic (exact) mass is 269 g/mol. The molecule has 0 aromatic carbocycles. The number of halogens is 1. The first-order valence-electron chi connectivity index (χ1n) is 5.73. The maximum Gasteiger partial charge on any atom is 0.269 e. The Hall–Kier alpha value is -1.62. The Labute approximate surface area is 111 Å². The van der Waals surface area contributed by atoms with Crippen molar-refractivity contribution in [2.45, 2.75) is 25.7 Å². The van der Waals surface area contributed by atoms with Crippen LogP contribution < -0.4 is 5.32 Å². The highest BCUT2D eigenvalue weighted by Gasteiger charge is 2.25. The normalized spacial score (nSPS) is 13.2. The Morgan fingerprint density at radius 1 is 1.67 bits per heavy atom. The van der Waals surface area contributed by atoms with Crippen molar-refractivity contribution in [1.82, 2.24) is 10.3 Å². The molecule has 0 saturated carbocycles. The fourth-order valence-corrected chi connectivity index (χ4v) is 1.91. The summed E-state index contributed by atoms with van der Waals surface area (Å²) < 4.78 is 0. The van der Waals surface area contributed by atoms with Gasteiger partial charge in [-0.3, -0.25) is 10.1 Å². The third-order valence-electron chi connectivity index (χ3n) is 2.59. The van der Waals surface area contributed by atoms with Crippen LogP contribution in [0.1, 0.15) is 31.2 Å². The molecule has 0 fully saturated rings. The number of nitrogens with zero attached hydrogens (tertiary/aromatic N) is 2. The quantitative estimate of drug-likeness (QED) is 0.490. The molecule has 98 valence electrons. The lowest BCUT2D eigenvalue weighted by atomic mass is 9.93. The van der Waals surface area contributed by atoms with Gasteiger partial charge in [0.2, 0.25) is 0 Å². The summed E-state index contributed by atoms with van der Waals surface area (Å²) in [5, 5.41) is 14.2. The molecule has 5 nitrogen and oxygen atoms in total. The van der Waals surface area contributed by atoms with E-state index in [9.17, 15) is 10.1 Å². The molecule has 1 aromatic heterocycles. The molecule has 18 heavy (non-hydrogen) atoms. The number of pyridine rings is 1. The van der Waals surface area contributed by atoms with Crippen molar-refractivity contribution in [3.05, 3.63) is 51.1 Å². The van der Waals surface area contributed by atoms with E-state index in [1.54, 1.807) is 25.4 Å². The van der Waals surface area contributed by atoms with Crippen molar-refractivity contribution < 1.29 is 4.92 Å². The summed E-state index contributed by atoms with van der Waals surface area (Å²) in [5.41, 5.74) is 0.947. The van der Waals surface area contributed by atoms with Gasteiger partial charge in [0.1, 0.15) is 5.15 Å². The zero-order chi connectivity index (χ0) is 13.5. The molecule has 0 radical (unpaired) electrons. The van der Waals surface area contributed by atoms with Crippen LogP contribution in [-0.2, 0) is 0 Å². The van der Waals surface area contributed by atoms with Gasteiger partial charge in [0.15, 0.2) is 0 Å². The zero-order valence-corrected chi connectivity index (χ0v) is 11.1. The molecule has 0 amide bonds. The molecule has 1 unspecified atom stereocenters. The van der Waals surface area contributed by atoms with E-state index in [1.807, 2.05) is 6.92 Å². The van der Waals surface area contributed by atoms with Crippen LogP contribution in [0.3, 0.4) is 0 Å². The fourth-order valence-electron chi connectivity index (χ4n) is 1.80. The number of hydrogen-bond donors (Lipinski definition) is 1. The van der Waals surface area contributed by atoms with E-state index < -0.39 is 0 Å². The number of nitro groups is 1. The number of hydrogen-bond acceptors (Lipinski definition) is 4. The number of rotatable bonds is 6. The van der Waals surface area contributed by atoms with E-state index in [0.29, 0.717) is 11.6 Å². The maximum absolute atomic E-state index is 11.1. The third-order valence-corrected chi connectivity index (χ3v) is 2.81. The predicted molar refractivity (Wildman–Crippen MR) is 71.0 cm³/mol. The summed E-state index contributed by atoms with van der Waals surface area (Å²) in [6, 6.07) is 3.43. The second kappa shape index (κ2) is 6.96. The van der Waals surface area contributed by atoms with Gasteiger partial charge in [0.25, 0.3) is 5.70 Å². The molecular formula is C12H16ClN3O2. The van der Waals surface area contributed by atoms with Gasteiger partial charge in [-0.15, -0.1) is 0 Å². The van der Waals surface area contributed by atoms with Gasteiger partial charge >= 0.3 is 0 Å². The summed E-state index contributed by atoms with van der Waals surface area (Å²) in [6.45, 7) is 1.99. The molecule has 0 spiro atoms. The summed E-state index contributed by atoms with van der Waals surface area (Å²) in [5.74, 6) is -0.276. The first-order chi connectivity index (χ1) is 8.60. The van der Waals surface area contributed by atoms with Crippen LogP contribution in [0.15, 0.2) is 30.2 Å². The van der Waals surface area contributed by atoms with E-state index in [1.165, 1.54) is 6.20 Å². The van der Waals surface area contributed by atoms with Gasteiger partial charge in [0, 0.05) is 13.2 Å². The van der Waals surface area contributed by atoms with Gasteiger partial charge in [-0.05, 0) is 18.1 Å². The van der Waals surface area contributed by atoms with E-state index in [2.05, 4.69) is 10.3 Å². The molecular weight excluding hydrogens is 254 g/mol. The van der Waals surface area contributed by atoms with Crippen LogP contribution in [0.25, 0.3) is 0 Å². The van der Waals surface area contributed by atoms with Gasteiger partial charge in [-0.1, -0.05) is 31.0 Å². The second-order valence-corrected chi connectivity index (χ2v) is 4.26. The SMILES string of the molecule is CCCC(C(=CNC)[N+](=O)[O-])c1ccc(Cl)nc1. The minimum absolute atomic E-state index is 0.142. The van der Waals surface area contributed by atoms with Gasteiger partial charge < -0.3 is 5.32 Å². The minimum atomic E-state index is -0.356. The zero-order valence-electron chi connectivity index (χ0n) is 10.4. The smallest absolute Gasteiger partial charge is 0.269 e. The lowest BCUT2D eigenvalue weighted by Gasteiger charge is -2.13. The molecule has 0 aliphatic rings. The molecule has 1 N–H and O–H groups in total. The number of aromatic nitrogens is 1. The van der Waals surface area contributed by atoms with Gasteiger partial charge in [0.05, 0.1) is 17.0 Å². The predicted octanol–water partition coefficient (Wildman–Crippen LogP) is 2.96. The fraction of sp³-hybridized carbons (Fsp3) is 0.417. The molecule has 1 aromatic rings. The van der Waals surface area contributed by atoms with Gasteiger partial charge in [-0.2, -0.15) is 0 Å². The van der Waals surface area contributed by atoms with Crippen molar-refractivity contribution in [1.29, 1.82) is 0 Å². The highest BCUT2D eigenvalue weighted by molar-refractivity contribution is 6.29. The van der Waals surface area contributed by atoms with Crippen molar-refractivity contribution in [2.75, 3.05) is 7.05 Å². The van der Waals surface area contributed by atoms with Crippen LogP contribution >= 0.6 is 11.6 Å². The summed E-state index contributed by atoms with van der Waals surface area (Å²) in [7, 11) is 1.65. The van der Waals surface area contributed by atoms with Crippen LogP contribution in [0.5, 0.6) is 0 Å². The molecule has 1 atom stereocenters. The van der Waals surface area contributed by atoms with E-state index >= 15 is 0 Å². The Balaban J connectivity index is 3.11. The van der Waals surface area contributed by atoms with Gasteiger partial charge in [-0.25, -0.2) is 4.98 Å². The minimum Gasteiger partial charge on any atom is -0.389 e. The maximum atomic E-state index is 11.1. The third kappa shape index (κ3) is 3.70. The Kier molecular flexibility index (Phi) is 5.58. The molecule has 0 saturated heterocycles. The molecule has 0 bridgehead atoms. The molecule has 0 aliphatic heterocycles. The highest BCUT2D eigenvalue weighted by Crippen LogP contribution is 2.29. The molecule has 1 heterocycles. The van der Waals surface area contributed by atoms with Crippen molar-refractivity contribution in [3.63, 3.8) is 0 Å². The molecule has 0 aliphatic carbocycles. The summed E-state index contributed by atoms with van der Waals surface area (Å²) in [4.78, 5) is 14.7. The standard InChI is InChI=1S/C12H16ClN3O2/c1-3-4-10(11(8-14-2)16(17)18)9-5-6-12(13)15-7-9/h5-8,10,14H,3-4H2,1-2H3. The molecule has 6 heteroatoms. The summed E-state index contributed by atoms with van der Waals surface area (Å²) >= 11 is 5.72. The first-order valence-corrected chi connectivity index (χ1v) is 6.11. The largest absolute Gasteiger partial charge is 0.389 e. The first kappa shape index (κ1) is 14.4. The Morgan fingerprint density at radius 2 is 2.39 bits per heavy atom. The van der Waals surface area contributed by atoms with Crippen LogP contribution in [0, 0.1) is 10.1 Å². The molecule has 1 rings (SSSR count). The van der Waals surface area contributed by atoms with E-state index in [0.717, 1.165) is 12.0 Å². The van der Waals surface area contributed by atoms with E-state index in [-0.39, 0.29) is 16.5 Å². The van der Waals surface area contributed by atoms with Crippen molar-refractivity contribution >= 4 is 11.6 Å². The summed E-state index contributed by atoms with van der Waals surface area (Å²) in [6.07, 6.45) is 4.56. The van der Waals surface area contributed by atoms with Crippen LogP contribution in [0.4, 0.5) is 0 Å². The second-order valence-electron chi connectivity index (χ2n) is 3.87. The number of nitrogens with one attached hydrogen (secondary N) is 1. The topological polar surface area (TPSA) is 68.1 Å².